The van der Waals surface area contributed by atoms with Crippen molar-refractivity contribution < 1.29 is 14.3 Å². The molecule has 114 valence electrons. The van der Waals surface area contributed by atoms with Crippen LogP contribution >= 0.6 is 11.8 Å². The number of aryl methyl sites for hydroxylation is 1. The van der Waals surface area contributed by atoms with Crippen LogP contribution in [0.3, 0.4) is 0 Å². The minimum absolute atomic E-state index is 0.0592. The minimum Gasteiger partial charge on any atom is -0.459 e. The lowest BCUT2D eigenvalue weighted by Crippen LogP contribution is -2.19. The van der Waals surface area contributed by atoms with E-state index in [9.17, 15) is 9.59 Å². The smallest absolute Gasteiger partial charge is 0.341 e. The number of carbonyl (C=O) groups excluding carboxylic acids is 2. The molecule has 1 aliphatic rings. The second-order valence-electron chi connectivity index (χ2n) is 5.47. The molecule has 0 saturated carbocycles. The van der Waals surface area contributed by atoms with Crippen LogP contribution in [0.25, 0.3) is 5.70 Å². The molecule has 0 aliphatic carbocycles. The number of esters is 1. The second kappa shape index (κ2) is 5.97. The van der Waals surface area contributed by atoms with Crippen molar-refractivity contribution in [1.29, 1.82) is 0 Å². The van der Waals surface area contributed by atoms with E-state index in [1.54, 1.807) is 31.9 Å². The van der Waals surface area contributed by atoms with Crippen molar-refractivity contribution in [3.8, 4) is 0 Å². The lowest BCUT2D eigenvalue weighted by atomic mass is 10.2. The van der Waals surface area contributed by atoms with Crippen molar-refractivity contribution in [2.24, 2.45) is 0 Å². The van der Waals surface area contributed by atoms with Gasteiger partial charge in [-0.05, 0) is 26.3 Å². The summed E-state index contributed by atoms with van der Waals surface area (Å²) >= 11 is 1.56. The van der Waals surface area contributed by atoms with E-state index >= 15 is 0 Å². The summed E-state index contributed by atoms with van der Waals surface area (Å²) in [4.78, 5) is 25.5. The topological polar surface area (TPSA) is 51.5 Å². The fourth-order valence-electron chi connectivity index (χ4n) is 2.08. The van der Waals surface area contributed by atoms with Crippen molar-refractivity contribution in [3.63, 3.8) is 0 Å². The molecule has 5 nitrogen and oxygen atoms in total. The third-order valence-electron chi connectivity index (χ3n) is 3.09. The van der Waals surface area contributed by atoms with Gasteiger partial charge in [0, 0.05) is 37.8 Å². The van der Waals surface area contributed by atoms with Crippen LogP contribution < -0.4 is 0 Å². The molecular formula is C15H20N2O3S. The van der Waals surface area contributed by atoms with E-state index in [1.807, 2.05) is 31.5 Å². The van der Waals surface area contributed by atoms with Crippen LogP contribution in [-0.2, 0) is 9.53 Å². The molecule has 21 heavy (non-hydrogen) atoms. The number of fused-ring (bicyclic) bond motifs is 1. The molecule has 0 fully saturated rings. The van der Waals surface area contributed by atoms with Gasteiger partial charge in [-0.3, -0.25) is 4.79 Å². The Labute approximate surface area is 128 Å². The van der Waals surface area contributed by atoms with Crippen molar-refractivity contribution in [3.05, 3.63) is 23.4 Å². The number of amides is 1. The van der Waals surface area contributed by atoms with Gasteiger partial charge in [-0.1, -0.05) is 0 Å². The predicted molar refractivity (Wildman–Crippen MR) is 83.4 cm³/mol. The molecule has 2 heterocycles. The Morgan fingerprint density at radius 1 is 1.43 bits per heavy atom. The Hall–Kier alpha value is -1.69. The average Bonchev–Trinajstić information content (AvgIpc) is 2.87. The van der Waals surface area contributed by atoms with E-state index in [4.69, 9.17) is 4.74 Å². The number of carbonyl (C=O) groups is 2. The van der Waals surface area contributed by atoms with Crippen LogP contribution in [0.2, 0.25) is 0 Å². The molecule has 0 aromatic carbocycles. The summed E-state index contributed by atoms with van der Waals surface area (Å²) in [6.07, 6.45) is 3.35. The van der Waals surface area contributed by atoms with Gasteiger partial charge in [-0.2, -0.15) is 0 Å². The molecule has 0 saturated heterocycles. The minimum atomic E-state index is -0.302. The van der Waals surface area contributed by atoms with Crippen molar-refractivity contribution in [2.45, 2.75) is 31.9 Å². The maximum atomic E-state index is 12.2. The number of hydrogen-bond donors (Lipinski definition) is 0. The Morgan fingerprint density at radius 2 is 2.10 bits per heavy atom. The van der Waals surface area contributed by atoms with Crippen LogP contribution in [0.15, 0.2) is 17.3 Å². The molecule has 0 atom stereocenters. The first kappa shape index (κ1) is 15.7. The van der Waals surface area contributed by atoms with E-state index in [0.29, 0.717) is 11.3 Å². The van der Waals surface area contributed by atoms with E-state index in [1.165, 1.54) is 4.90 Å². The molecule has 1 amide bonds. The van der Waals surface area contributed by atoms with Crippen LogP contribution in [0.4, 0.5) is 0 Å². The van der Waals surface area contributed by atoms with Crippen LogP contribution in [0, 0.1) is 6.92 Å². The van der Waals surface area contributed by atoms with E-state index in [-0.39, 0.29) is 18.0 Å². The van der Waals surface area contributed by atoms with Crippen molar-refractivity contribution >= 4 is 29.3 Å². The van der Waals surface area contributed by atoms with E-state index < -0.39 is 0 Å². The normalized spacial score (nSPS) is 15.4. The first-order valence-corrected chi connectivity index (χ1v) is 7.77. The first-order valence-electron chi connectivity index (χ1n) is 6.79. The summed E-state index contributed by atoms with van der Waals surface area (Å²) in [5.41, 5.74) is 2.36. The molecule has 0 radical (unpaired) electrons. The molecule has 1 aliphatic heterocycles. The molecule has 6 heteroatoms. The highest BCUT2D eigenvalue weighted by atomic mass is 32.2. The summed E-state index contributed by atoms with van der Waals surface area (Å²) in [6, 6.07) is 0. The maximum absolute atomic E-state index is 12.2. The molecule has 0 N–H and O–H groups in total. The van der Waals surface area contributed by atoms with Gasteiger partial charge in [0.25, 0.3) is 0 Å². The predicted octanol–water partition coefficient (Wildman–Crippen LogP) is 2.40. The van der Waals surface area contributed by atoms with Crippen molar-refractivity contribution in [2.75, 3.05) is 19.8 Å². The Bertz CT molecular complexity index is 615. The SMILES string of the molecule is Cc1cn2c(c1C(=O)OC(C)C)SC/C2=C\C(=O)N(C)C. The number of aromatic nitrogens is 1. The van der Waals surface area contributed by atoms with Crippen LogP contribution in [-0.4, -0.2) is 47.3 Å². The fourth-order valence-corrected chi connectivity index (χ4v) is 3.28. The van der Waals surface area contributed by atoms with Crippen LogP contribution in [0.1, 0.15) is 29.8 Å². The zero-order valence-corrected chi connectivity index (χ0v) is 13.8. The lowest BCUT2D eigenvalue weighted by Gasteiger charge is -2.08. The summed E-state index contributed by atoms with van der Waals surface area (Å²) in [6.45, 7) is 5.55. The highest BCUT2D eigenvalue weighted by molar-refractivity contribution is 8.00. The average molecular weight is 308 g/mol. The Balaban J connectivity index is 2.36. The number of rotatable bonds is 3. The molecule has 0 bridgehead atoms. The number of likely N-dealkylation sites (N-methyl/N-ethyl adjacent to an activating group) is 1. The number of hydrogen-bond acceptors (Lipinski definition) is 4. The summed E-state index contributed by atoms with van der Waals surface area (Å²) in [7, 11) is 3.43. The zero-order valence-electron chi connectivity index (χ0n) is 13.0. The highest BCUT2D eigenvalue weighted by Gasteiger charge is 2.28. The third-order valence-corrected chi connectivity index (χ3v) is 4.21. The van der Waals surface area contributed by atoms with E-state index in [0.717, 1.165) is 16.3 Å². The van der Waals surface area contributed by atoms with Gasteiger partial charge < -0.3 is 14.2 Å². The number of nitrogens with zero attached hydrogens (tertiary/aromatic N) is 2. The standard InChI is InChI=1S/C15H20N2O3S/c1-9(2)20-15(19)13-10(3)7-17-11(8-21-14(13)17)6-12(18)16(4)5/h6-7,9H,8H2,1-5H3/b11-6+. The fraction of sp³-hybridized carbons (Fsp3) is 0.467. The van der Waals surface area contributed by atoms with Crippen molar-refractivity contribution in [1.82, 2.24) is 9.47 Å². The monoisotopic (exact) mass is 308 g/mol. The molecule has 0 unspecified atom stereocenters. The summed E-state index contributed by atoms with van der Waals surface area (Å²) in [5.74, 6) is 0.317. The van der Waals surface area contributed by atoms with E-state index in [2.05, 4.69) is 0 Å². The molecule has 1 aromatic rings. The second-order valence-corrected chi connectivity index (χ2v) is 6.44. The van der Waals surface area contributed by atoms with Gasteiger partial charge in [0.15, 0.2) is 0 Å². The molecular weight excluding hydrogens is 288 g/mol. The Morgan fingerprint density at radius 3 is 2.67 bits per heavy atom. The third kappa shape index (κ3) is 3.15. The van der Waals surface area contributed by atoms with Gasteiger partial charge >= 0.3 is 5.97 Å². The van der Waals surface area contributed by atoms with Gasteiger partial charge in [0.1, 0.15) is 0 Å². The lowest BCUT2D eigenvalue weighted by molar-refractivity contribution is -0.123. The molecule has 1 aromatic heterocycles. The molecule has 0 spiro atoms. The first-order chi connectivity index (χ1) is 9.81. The zero-order chi connectivity index (χ0) is 15.7. The number of thioether (sulfide) groups is 1. The van der Waals surface area contributed by atoms with Gasteiger partial charge in [0.05, 0.1) is 16.7 Å². The largest absolute Gasteiger partial charge is 0.459 e. The van der Waals surface area contributed by atoms with Gasteiger partial charge in [0.2, 0.25) is 5.91 Å². The van der Waals surface area contributed by atoms with Crippen LogP contribution in [0.5, 0.6) is 0 Å². The summed E-state index contributed by atoms with van der Waals surface area (Å²) in [5, 5.41) is 0.857. The molecule has 2 rings (SSSR count). The summed E-state index contributed by atoms with van der Waals surface area (Å²) < 4.78 is 7.21. The Kier molecular flexibility index (Phi) is 4.46. The number of ether oxygens (including phenoxy) is 1. The maximum Gasteiger partial charge on any atom is 0.341 e. The highest BCUT2D eigenvalue weighted by Crippen LogP contribution is 2.38. The van der Waals surface area contributed by atoms with Gasteiger partial charge in [-0.25, -0.2) is 4.79 Å². The van der Waals surface area contributed by atoms with Gasteiger partial charge in [-0.15, -0.1) is 11.8 Å². The quantitative estimate of drug-likeness (QED) is 0.635.